The molecule has 0 spiro atoms. The second-order valence-corrected chi connectivity index (χ2v) is 4.56. The van der Waals surface area contributed by atoms with E-state index in [1.807, 2.05) is 0 Å². The Balaban J connectivity index is 2.04. The van der Waals surface area contributed by atoms with Crippen LogP contribution in [0.2, 0.25) is 0 Å². The predicted octanol–water partition coefficient (Wildman–Crippen LogP) is 3.45. The summed E-state index contributed by atoms with van der Waals surface area (Å²) in [5.41, 5.74) is -0.105. The Kier molecular flexibility index (Phi) is 3.72. The van der Waals surface area contributed by atoms with Gasteiger partial charge in [-0.15, -0.1) is 0 Å². The molecule has 17 heavy (non-hydrogen) atoms. The summed E-state index contributed by atoms with van der Waals surface area (Å²) in [5.74, 6) is -3.37. The molecule has 1 saturated heterocycles. The highest BCUT2D eigenvalue weighted by molar-refractivity contribution is 5.21. The van der Waals surface area contributed by atoms with Crippen molar-refractivity contribution in [1.29, 1.82) is 0 Å². The van der Waals surface area contributed by atoms with Crippen LogP contribution in [0.1, 0.15) is 31.2 Å². The first-order valence-electron chi connectivity index (χ1n) is 5.95. The number of benzene rings is 1. The van der Waals surface area contributed by atoms with E-state index in [0.717, 1.165) is 50.1 Å². The van der Waals surface area contributed by atoms with Crippen LogP contribution < -0.4 is 5.32 Å². The Morgan fingerprint density at radius 1 is 1.18 bits per heavy atom. The molecule has 1 unspecified atom stereocenters. The zero-order valence-electron chi connectivity index (χ0n) is 9.56. The summed E-state index contributed by atoms with van der Waals surface area (Å²) in [6, 6.07) is 4.36. The van der Waals surface area contributed by atoms with Crippen molar-refractivity contribution in [3.05, 3.63) is 35.6 Å². The molecule has 1 aliphatic heterocycles. The summed E-state index contributed by atoms with van der Waals surface area (Å²) in [7, 11) is 0. The largest absolute Gasteiger partial charge is 0.314 e. The van der Waals surface area contributed by atoms with Crippen LogP contribution in [0.15, 0.2) is 24.3 Å². The molecule has 0 radical (unpaired) electrons. The van der Waals surface area contributed by atoms with E-state index in [1.54, 1.807) is 0 Å². The van der Waals surface area contributed by atoms with Crippen LogP contribution in [0.4, 0.5) is 13.2 Å². The third-order valence-electron chi connectivity index (χ3n) is 3.18. The van der Waals surface area contributed by atoms with E-state index in [9.17, 15) is 13.2 Å². The molecule has 1 aliphatic rings. The lowest BCUT2D eigenvalue weighted by molar-refractivity contribution is -0.0253. The summed E-state index contributed by atoms with van der Waals surface area (Å²) >= 11 is 0. The smallest absolute Gasteiger partial charge is 0.274 e. The maximum Gasteiger partial charge on any atom is 0.274 e. The summed E-state index contributed by atoms with van der Waals surface area (Å²) in [5, 5.41) is 3.10. The van der Waals surface area contributed by atoms with E-state index < -0.39 is 11.7 Å². The molecule has 1 heterocycles. The van der Waals surface area contributed by atoms with Gasteiger partial charge >= 0.3 is 0 Å². The third-order valence-corrected chi connectivity index (χ3v) is 3.18. The number of alkyl halides is 2. The lowest BCUT2D eigenvalue weighted by atomic mass is 9.95. The van der Waals surface area contributed by atoms with E-state index in [4.69, 9.17) is 0 Å². The Morgan fingerprint density at radius 2 is 1.88 bits per heavy atom. The normalized spacial score (nSPS) is 21.5. The lowest BCUT2D eigenvalue weighted by Gasteiger charge is -2.27. The van der Waals surface area contributed by atoms with Crippen LogP contribution in [0.5, 0.6) is 0 Å². The van der Waals surface area contributed by atoms with Gasteiger partial charge in [0, 0.05) is 18.0 Å². The zero-order chi connectivity index (χ0) is 12.3. The van der Waals surface area contributed by atoms with Gasteiger partial charge in [0.25, 0.3) is 5.92 Å². The fraction of sp³-hybridized carbons (Fsp3) is 0.538. The maximum atomic E-state index is 13.9. The highest BCUT2D eigenvalue weighted by atomic mass is 19.3. The fourth-order valence-corrected chi connectivity index (χ4v) is 2.22. The van der Waals surface area contributed by atoms with E-state index in [-0.39, 0.29) is 18.0 Å². The van der Waals surface area contributed by atoms with Crippen molar-refractivity contribution in [2.45, 2.75) is 37.6 Å². The first kappa shape index (κ1) is 12.4. The maximum absolute atomic E-state index is 13.9. The summed E-state index contributed by atoms with van der Waals surface area (Å²) in [4.78, 5) is 0. The minimum absolute atomic E-state index is 0.105. The molecule has 4 heteroatoms. The van der Waals surface area contributed by atoms with Crippen molar-refractivity contribution in [2.75, 3.05) is 6.54 Å². The van der Waals surface area contributed by atoms with E-state index in [1.165, 1.54) is 0 Å². The lowest BCUT2D eigenvalue weighted by Crippen LogP contribution is -2.37. The molecular formula is C13H16F3N. The highest BCUT2D eigenvalue weighted by Crippen LogP contribution is 2.34. The second kappa shape index (κ2) is 5.08. The van der Waals surface area contributed by atoms with Gasteiger partial charge in [-0.3, -0.25) is 0 Å². The number of halogens is 3. The average molecular weight is 243 g/mol. The Morgan fingerprint density at radius 3 is 2.47 bits per heavy atom. The summed E-state index contributed by atoms with van der Waals surface area (Å²) in [6.07, 6.45) is 2.63. The Bertz CT molecular complexity index is 355. The van der Waals surface area contributed by atoms with Gasteiger partial charge in [0.2, 0.25) is 0 Å². The van der Waals surface area contributed by atoms with Crippen LogP contribution in [0.25, 0.3) is 0 Å². The van der Waals surface area contributed by atoms with Gasteiger partial charge in [-0.2, -0.15) is 0 Å². The number of hydrogen-bond donors (Lipinski definition) is 1. The molecular weight excluding hydrogens is 227 g/mol. The molecule has 1 nitrogen and oxygen atoms in total. The van der Waals surface area contributed by atoms with Gasteiger partial charge in [-0.25, -0.2) is 13.2 Å². The van der Waals surface area contributed by atoms with E-state index in [0.29, 0.717) is 0 Å². The summed E-state index contributed by atoms with van der Waals surface area (Å²) < 4.78 is 40.5. The number of hydrogen-bond acceptors (Lipinski definition) is 1. The van der Waals surface area contributed by atoms with Crippen LogP contribution in [0, 0.1) is 5.82 Å². The minimum Gasteiger partial charge on any atom is -0.314 e. The van der Waals surface area contributed by atoms with Crippen molar-refractivity contribution in [1.82, 2.24) is 5.32 Å². The Labute approximate surface area is 99.0 Å². The van der Waals surface area contributed by atoms with Gasteiger partial charge in [0.05, 0.1) is 0 Å². The molecule has 0 aliphatic carbocycles. The van der Waals surface area contributed by atoms with Crippen molar-refractivity contribution < 1.29 is 13.2 Å². The van der Waals surface area contributed by atoms with Gasteiger partial charge in [-0.1, -0.05) is 18.6 Å². The standard InChI is InChI=1S/C13H16F3N/c14-11-6-4-10(5-7-11)13(15,16)9-12-3-1-2-8-17-12/h4-7,12,17H,1-3,8-9H2. The van der Waals surface area contributed by atoms with Gasteiger partial charge in [0.15, 0.2) is 0 Å². The SMILES string of the molecule is Fc1ccc(C(F)(F)CC2CCCCN2)cc1. The summed E-state index contributed by atoms with van der Waals surface area (Å²) in [6.45, 7) is 0.810. The van der Waals surface area contributed by atoms with E-state index in [2.05, 4.69) is 5.32 Å². The molecule has 1 aromatic carbocycles. The van der Waals surface area contributed by atoms with Gasteiger partial charge in [-0.05, 0) is 31.5 Å². The minimum atomic E-state index is -2.89. The van der Waals surface area contributed by atoms with Crippen molar-refractivity contribution in [3.63, 3.8) is 0 Å². The van der Waals surface area contributed by atoms with Crippen LogP contribution in [-0.4, -0.2) is 12.6 Å². The van der Waals surface area contributed by atoms with Crippen LogP contribution in [-0.2, 0) is 5.92 Å². The number of nitrogens with one attached hydrogen (secondary N) is 1. The molecule has 2 rings (SSSR count). The zero-order valence-corrected chi connectivity index (χ0v) is 9.56. The fourth-order valence-electron chi connectivity index (χ4n) is 2.22. The number of piperidine rings is 1. The quantitative estimate of drug-likeness (QED) is 0.857. The molecule has 0 saturated carbocycles. The molecule has 1 N–H and O–H groups in total. The topological polar surface area (TPSA) is 12.0 Å². The molecule has 1 aromatic rings. The van der Waals surface area contributed by atoms with Gasteiger partial charge in [0.1, 0.15) is 5.82 Å². The monoisotopic (exact) mass is 243 g/mol. The molecule has 0 amide bonds. The predicted molar refractivity (Wildman–Crippen MR) is 60.6 cm³/mol. The number of rotatable bonds is 3. The second-order valence-electron chi connectivity index (χ2n) is 4.56. The van der Waals surface area contributed by atoms with E-state index >= 15 is 0 Å². The van der Waals surface area contributed by atoms with Crippen LogP contribution >= 0.6 is 0 Å². The average Bonchev–Trinajstić information content (AvgIpc) is 2.30. The molecule has 0 aromatic heterocycles. The van der Waals surface area contributed by atoms with Crippen molar-refractivity contribution in [3.8, 4) is 0 Å². The van der Waals surface area contributed by atoms with Crippen LogP contribution in [0.3, 0.4) is 0 Å². The van der Waals surface area contributed by atoms with Crippen molar-refractivity contribution in [2.24, 2.45) is 0 Å². The third kappa shape index (κ3) is 3.22. The van der Waals surface area contributed by atoms with Gasteiger partial charge < -0.3 is 5.32 Å². The first-order chi connectivity index (χ1) is 8.08. The Hall–Kier alpha value is -1.03. The highest BCUT2D eigenvalue weighted by Gasteiger charge is 2.35. The molecule has 0 bridgehead atoms. The molecule has 1 fully saturated rings. The van der Waals surface area contributed by atoms with Crippen molar-refractivity contribution >= 4 is 0 Å². The molecule has 1 atom stereocenters. The molecule has 94 valence electrons. The first-order valence-corrected chi connectivity index (χ1v) is 5.95.